The number of aromatic nitrogens is 2. The van der Waals surface area contributed by atoms with Gasteiger partial charge >= 0.3 is 5.69 Å². The molecule has 2 heterocycles. The SMILES string of the molecule is Cc1cn([C@@H]2O[C@@H]3[C@@]4(O)C[C@H]4C[C@]3(O)[C@H]2F)c(=O)[nH]c1=O. The molecule has 0 unspecified atom stereocenters. The van der Waals surface area contributed by atoms with Crippen LogP contribution in [0.4, 0.5) is 4.39 Å². The molecular formula is C13H15FN2O5. The molecular weight excluding hydrogens is 283 g/mol. The van der Waals surface area contributed by atoms with Gasteiger partial charge in [-0.2, -0.15) is 0 Å². The summed E-state index contributed by atoms with van der Waals surface area (Å²) in [6.07, 6.45) is -2.45. The first-order chi connectivity index (χ1) is 9.77. The maximum Gasteiger partial charge on any atom is 0.330 e. The summed E-state index contributed by atoms with van der Waals surface area (Å²) in [5.74, 6) is -0.152. The quantitative estimate of drug-likeness (QED) is 0.615. The van der Waals surface area contributed by atoms with Gasteiger partial charge in [-0.15, -0.1) is 0 Å². The zero-order chi connectivity index (χ0) is 15.2. The van der Waals surface area contributed by atoms with E-state index < -0.39 is 41.0 Å². The van der Waals surface area contributed by atoms with Crippen molar-refractivity contribution in [2.45, 2.75) is 49.5 Å². The molecule has 114 valence electrons. The highest BCUT2D eigenvalue weighted by atomic mass is 19.1. The molecule has 21 heavy (non-hydrogen) atoms. The Morgan fingerprint density at radius 3 is 2.71 bits per heavy atom. The third-order valence-corrected chi connectivity index (χ3v) is 5.03. The van der Waals surface area contributed by atoms with Crippen LogP contribution in [0.3, 0.4) is 0 Å². The second-order valence-corrected chi connectivity index (χ2v) is 6.37. The molecule has 3 aliphatic rings. The van der Waals surface area contributed by atoms with E-state index in [0.717, 1.165) is 4.57 Å². The summed E-state index contributed by atoms with van der Waals surface area (Å²) >= 11 is 0. The molecule has 4 rings (SSSR count). The van der Waals surface area contributed by atoms with Crippen LogP contribution in [0.1, 0.15) is 24.6 Å². The fraction of sp³-hybridized carbons (Fsp3) is 0.692. The van der Waals surface area contributed by atoms with Crippen molar-refractivity contribution >= 4 is 0 Å². The smallest absolute Gasteiger partial charge is 0.330 e. The average Bonchev–Trinajstić information content (AvgIpc) is 2.88. The Balaban J connectivity index is 1.77. The third-order valence-electron chi connectivity index (χ3n) is 5.03. The number of H-pyrrole nitrogens is 1. The molecule has 1 saturated heterocycles. The number of fused-ring (bicyclic) bond motifs is 3. The summed E-state index contributed by atoms with van der Waals surface area (Å²) in [4.78, 5) is 25.3. The van der Waals surface area contributed by atoms with E-state index >= 15 is 0 Å². The van der Waals surface area contributed by atoms with Crippen molar-refractivity contribution in [1.82, 2.24) is 9.55 Å². The van der Waals surface area contributed by atoms with Crippen LogP contribution < -0.4 is 11.2 Å². The summed E-state index contributed by atoms with van der Waals surface area (Å²) in [7, 11) is 0. The van der Waals surface area contributed by atoms with Crippen molar-refractivity contribution in [3.05, 3.63) is 32.6 Å². The van der Waals surface area contributed by atoms with Gasteiger partial charge in [0.05, 0.1) is 5.60 Å². The third kappa shape index (κ3) is 1.47. The molecule has 2 saturated carbocycles. The summed E-state index contributed by atoms with van der Waals surface area (Å²) in [6, 6.07) is 0. The van der Waals surface area contributed by atoms with Crippen LogP contribution in [0.5, 0.6) is 0 Å². The Hall–Kier alpha value is -1.51. The number of aryl methyl sites for hydroxylation is 1. The first-order valence-electron chi connectivity index (χ1n) is 6.84. The van der Waals surface area contributed by atoms with Gasteiger partial charge in [0.2, 0.25) is 0 Å². The van der Waals surface area contributed by atoms with E-state index in [0.29, 0.717) is 6.42 Å². The number of halogens is 1. The highest BCUT2D eigenvalue weighted by Crippen LogP contribution is 2.65. The maximum atomic E-state index is 14.7. The van der Waals surface area contributed by atoms with E-state index in [1.165, 1.54) is 13.1 Å². The van der Waals surface area contributed by atoms with Gasteiger partial charge in [0, 0.05) is 11.8 Å². The average molecular weight is 298 g/mol. The van der Waals surface area contributed by atoms with Gasteiger partial charge in [0.25, 0.3) is 5.56 Å². The van der Waals surface area contributed by atoms with Crippen LogP contribution in [-0.4, -0.2) is 43.2 Å². The van der Waals surface area contributed by atoms with Crippen molar-refractivity contribution in [3.63, 3.8) is 0 Å². The number of nitrogens with one attached hydrogen (secondary N) is 1. The Kier molecular flexibility index (Phi) is 2.28. The lowest BCUT2D eigenvalue weighted by atomic mass is 9.91. The Morgan fingerprint density at radius 1 is 1.38 bits per heavy atom. The van der Waals surface area contributed by atoms with Gasteiger partial charge in [0.1, 0.15) is 11.7 Å². The van der Waals surface area contributed by atoms with Crippen molar-refractivity contribution in [2.75, 3.05) is 0 Å². The monoisotopic (exact) mass is 298 g/mol. The highest BCUT2D eigenvalue weighted by Gasteiger charge is 2.78. The maximum absolute atomic E-state index is 14.7. The minimum Gasteiger partial charge on any atom is -0.387 e. The molecule has 0 bridgehead atoms. The molecule has 0 amide bonds. The predicted molar refractivity (Wildman–Crippen MR) is 67.5 cm³/mol. The molecule has 0 spiro atoms. The molecule has 3 N–H and O–H groups in total. The van der Waals surface area contributed by atoms with Crippen LogP contribution >= 0.6 is 0 Å². The van der Waals surface area contributed by atoms with Crippen LogP contribution in [0, 0.1) is 12.8 Å². The largest absolute Gasteiger partial charge is 0.387 e. The number of aliphatic hydroxyl groups is 2. The lowest BCUT2D eigenvalue weighted by molar-refractivity contribution is -0.108. The molecule has 2 aliphatic carbocycles. The number of rotatable bonds is 1. The summed E-state index contributed by atoms with van der Waals surface area (Å²) < 4.78 is 21.1. The number of nitrogens with zero attached hydrogens (tertiary/aromatic N) is 1. The molecule has 0 aromatic carbocycles. The number of ether oxygens (including phenoxy) is 1. The zero-order valence-electron chi connectivity index (χ0n) is 11.2. The van der Waals surface area contributed by atoms with Crippen LogP contribution in [-0.2, 0) is 4.74 Å². The van der Waals surface area contributed by atoms with Crippen LogP contribution in [0.15, 0.2) is 15.8 Å². The highest BCUT2D eigenvalue weighted by molar-refractivity contribution is 5.27. The summed E-state index contributed by atoms with van der Waals surface area (Å²) in [5.41, 5.74) is -4.11. The fourth-order valence-electron chi connectivity index (χ4n) is 3.77. The van der Waals surface area contributed by atoms with E-state index in [2.05, 4.69) is 4.98 Å². The van der Waals surface area contributed by atoms with E-state index in [-0.39, 0.29) is 17.9 Å². The van der Waals surface area contributed by atoms with E-state index in [4.69, 9.17) is 4.74 Å². The van der Waals surface area contributed by atoms with Gasteiger partial charge in [-0.05, 0) is 25.7 Å². The van der Waals surface area contributed by atoms with E-state index in [9.17, 15) is 24.2 Å². The van der Waals surface area contributed by atoms with Crippen molar-refractivity contribution in [2.24, 2.45) is 5.92 Å². The minimum absolute atomic E-state index is 0.114. The lowest BCUT2D eigenvalue weighted by Crippen LogP contribution is -2.47. The second-order valence-electron chi connectivity index (χ2n) is 6.37. The minimum atomic E-state index is -1.85. The van der Waals surface area contributed by atoms with Gasteiger partial charge in [-0.3, -0.25) is 14.3 Å². The summed E-state index contributed by atoms with van der Waals surface area (Å²) in [5, 5.41) is 20.7. The normalized spacial score (nSPS) is 47.2. The lowest BCUT2D eigenvalue weighted by Gasteiger charge is -2.26. The number of hydrogen-bond donors (Lipinski definition) is 3. The standard InChI is InChI=1S/C13H15FN2O5/c1-5-4-16(11(18)15-8(5)17)9-7(14)13(20)3-6-2-12(6,19)10(13)21-9/h4,6-7,9-10,19-20H,2-3H2,1H3,(H,15,17,18)/t6-,7-,9+,10+,12+,13-/m0/s1. The molecule has 7 nitrogen and oxygen atoms in total. The Bertz CT molecular complexity index is 745. The molecule has 8 heteroatoms. The van der Waals surface area contributed by atoms with Crippen molar-refractivity contribution in [1.29, 1.82) is 0 Å². The molecule has 3 fully saturated rings. The van der Waals surface area contributed by atoms with Crippen molar-refractivity contribution in [3.8, 4) is 0 Å². The Morgan fingerprint density at radius 2 is 2.05 bits per heavy atom. The molecule has 1 aromatic rings. The fourth-order valence-corrected chi connectivity index (χ4v) is 3.77. The first-order valence-corrected chi connectivity index (χ1v) is 6.84. The van der Waals surface area contributed by atoms with E-state index in [1.54, 1.807) is 0 Å². The molecule has 0 radical (unpaired) electrons. The Labute approximate surface area is 118 Å². The number of alkyl halides is 1. The van der Waals surface area contributed by atoms with Crippen LogP contribution in [0.25, 0.3) is 0 Å². The van der Waals surface area contributed by atoms with Crippen LogP contribution in [0.2, 0.25) is 0 Å². The predicted octanol–water partition coefficient (Wildman–Crippen LogP) is -1.03. The zero-order valence-corrected chi connectivity index (χ0v) is 11.2. The molecule has 1 aliphatic heterocycles. The molecule has 1 aromatic heterocycles. The second kappa shape index (κ2) is 3.63. The molecule has 6 atom stereocenters. The van der Waals surface area contributed by atoms with E-state index in [1.807, 2.05) is 0 Å². The topological polar surface area (TPSA) is 105 Å². The summed E-state index contributed by atoms with van der Waals surface area (Å²) in [6.45, 7) is 1.48. The van der Waals surface area contributed by atoms with Gasteiger partial charge in [-0.25, -0.2) is 9.18 Å². The van der Waals surface area contributed by atoms with Gasteiger partial charge in [0.15, 0.2) is 12.4 Å². The number of aromatic amines is 1. The number of hydrogen-bond acceptors (Lipinski definition) is 5. The van der Waals surface area contributed by atoms with Gasteiger partial charge in [-0.1, -0.05) is 0 Å². The van der Waals surface area contributed by atoms with Gasteiger partial charge < -0.3 is 14.9 Å². The van der Waals surface area contributed by atoms with Crippen molar-refractivity contribution < 1.29 is 19.3 Å². The first kappa shape index (κ1) is 13.2.